The minimum Gasteiger partial charge on any atom is -0.392 e. The van der Waals surface area contributed by atoms with E-state index in [1.807, 2.05) is 0 Å². The largest absolute Gasteiger partial charge is 0.392 e. The number of aliphatic hydroxyl groups excluding tert-OH is 2. The Labute approximate surface area is 147 Å². The molecule has 132 valence electrons. The van der Waals surface area contributed by atoms with E-state index in [0.29, 0.717) is 0 Å². The van der Waals surface area contributed by atoms with Crippen LogP contribution in [0.3, 0.4) is 0 Å². The van der Waals surface area contributed by atoms with Gasteiger partial charge in [0.05, 0.1) is 12.2 Å². The van der Waals surface area contributed by atoms with Crippen LogP contribution in [0.15, 0.2) is 0 Å². The van der Waals surface area contributed by atoms with E-state index in [1.165, 1.54) is 51.6 Å². The van der Waals surface area contributed by atoms with Gasteiger partial charge in [-0.25, -0.2) is 0 Å². The Bertz CT molecular complexity index is 293. The van der Waals surface area contributed by atoms with Crippen LogP contribution >= 0.6 is 24.8 Å². The molecule has 0 aromatic heterocycles. The van der Waals surface area contributed by atoms with Gasteiger partial charge in [-0.15, -0.1) is 24.8 Å². The molecule has 0 amide bonds. The second-order valence-electron chi connectivity index (χ2n) is 7.04. The number of piperidine rings is 2. The minimum absolute atomic E-state index is 0. The average molecular weight is 355 g/mol. The molecule has 2 N–H and O–H groups in total. The molecule has 0 saturated carbocycles. The Morgan fingerprint density at radius 2 is 1.00 bits per heavy atom. The summed E-state index contributed by atoms with van der Waals surface area (Å²) in [6.07, 6.45) is 9.86. The standard InChI is InChI=1S/2C8H15NO.2ClH/c2*10-8-4-3-7-2-1-5-9(7)6-8;;/h2*7-8,10H,1-6H2;2*1H/t2*7-,8-;;/m10../s1. The third-order valence-corrected chi connectivity index (χ3v) is 5.55. The van der Waals surface area contributed by atoms with E-state index in [9.17, 15) is 10.2 Å². The van der Waals surface area contributed by atoms with E-state index in [2.05, 4.69) is 9.80 Å². The van der Waals surface area contributed by atoms with Gasteiger partial charge in [0.1, 0.15) is 0 Å². The van der Waals surface area contributed by atoms with Crippen molar-refractivity contribution in [3.05, 3.63) is 0 Å². The molecule has 4 rings (SSSR count). The molecule has 0 radical (unpaired) electrons. The van der Waals surface area contributed by atoms with Crippen LogP contribution in [0.4, 0.5) is 0 Å². The quantitative estimate of drug-likeness (QED) is 0.698. The molecule has 0 aromatic rings. The highest BCUT2D eigenvalue weighted by molar-refractivity contribution is 5.85. The van der Waals surface area contributed by atoms with Gasteiger partial charge in [0.15, 0.2) is 0 Å². The van der Waals surface area contributed by atoms with Crippen LogP contribution in [0.25, 0.3) is 0 Å². The Kier molecular flexibility index (Phi) is 8.98. The first-order valence-electron chi connectivity index (χ1n) is 8.56. The Morgan fingerprint density at radius 1 is 0.591 bits per heavy atom. The number of fused-ring (bicyclic) bond motifs is 2. The van der Waals surface area contributed by atoms with Gasteiger partial charge < -0.3 is 10.2 Å². The second-order valence-corrected chi connectivity index (χ2v) is 7.04. The number of nitrogens with zero attached hydrogens (tertiary/aromatic N) is 2. The van der Waals surface area contributed by atoms with Crippen molar-refractivity contribution in [2.45, 2.75) is 75.7 Å². The average Bonchev–Trinajstić information content (AvgIpc) is 3.06. The van der Waals surface area contributed by atoms with Gasteiger partial charge in [0, 0.05) is 25.2 Å². The number of hydrogen-bond donors (Lipinski definition) is 2. The number of aliphatic hydroxyl groups is 2. The highest BCUT2D eigenvalue weighted by Gasteiger charge is 2.31. The molecular formula is C16H32Cl2N2O2. The Morgan fingerprint density at radius 3 is 1.41 bits per heavy atom. The Balaban J connectivity index is 0.000000202. The third kappa shape index (κ3) is 5.22. The maximum atomic E-state index is 9.31. The van der Waals surface area contributed by atoms with Gasteiger partial charge in [-0.05, 0) is 64.5 Å². The van der Waals surface area contributed by atoms with Crippen molar-refractivity contribution < 1.29 is 10.2 Å². The monoisotopic (exact) mass is 354 g/mol. The van der Waals surface area contributed by atoms with Gasteiger partial charge >= 0.3 is 0 Å². The zero-order chi connectivity index (χ0) is 13.9. The zero-order valence-electron chi connectivity index (χ0n) is 13.4. The first kappa shape index (κ1) is 20.5. The molecular weight excluding hydrogens is 323 g/mol. The number of rotatable bonds is 0. The molecule has 4 saturated heterocycles. The van der Waals surface area contributed by atoms with Crippen LogP contribution in [0.2, 0.25) is 0 Å². The van der Waals surface area contributed by atoms with Crippen LogP contribution in [-0.4, -0.2) is 70.5 Å². The summed E-state index contributed by atoms with van der Waals surface area (Å²) in [5, 5.41) is 18.6. The SMILES string of the molecule is Cl.Cl.O[C@@H]1CC[C@H]2CCCN2C1.O[C@H]1CC[C@@H]2CCCN2C1. The van der Waals surface area contributed by atoms with Crippen LogP contribution < -0.4 is 0 Å². The van der Waals surface area contributed by atoms with Crippen molar-refractivity contribution in [1.29, 1.82) is 0 Å². The van der Waals surface area contributed by atoms with Crippen molar-refractivity contribution in [3.8, 4) is 0 Å². The smallest absolute Gasteiger partial charge is 0.0667 e. The maximum Gasteiger partial charge on any atom is 0.0667 e. The predicted octanol–water partition coefficient (Wildman–Crippen LogP) is 2.05. The fraction of sp³-hybridized carbons (Fsp3) is 1.00. The zero-order valence-corrected chi connectivity index (χ0v) is 15.0. The lowest BCUT2D eigenvalue weighted by Gasteiger charge is -2.32. The van der Waals surface area contributed by atoms with Crippen molar-refractivity contribution >= 4 is 24.8 Å². The summed E-state index contributed by atoms with van der Waals surface area (Å²) in [6.45, 7) is 4.32. The molecule has 0 spiro atoms. The predicted molar refractivity (Wildman–Crippen MR) is 94.2 cm³/mol. The highest BCUT2D eigenvalue weighted by Crippen LogP contribution is 2.27. The van der Waals surface area contributed by atoms with Crippen LogP contribution in [0.5, 0.6) is 0 Å². The van der Waals surface area contributed by atoms with E-state index in [0.717, 1.165) is 38.0 Å². The number of halogens is 2. The maximum absolute atomic E-state index is 9.31. The van der Waals surface area contributed by atoms with E-state index in [-0.39, 0.29) is 37.0 Å². The molecule has 4 nitrogen and oxygen atoms in total. The van der Waals surface area contributed by atoms with Crippen LogP contribution in [0, 0.1) is 0 Å². The van der Waals surface area contributed by atoms with Crippen molar-refractivity contribution in [3.63, 3.8) is 0 Å². The molecule has 0 aliphatic carbocycles. The summed E-state index contributed by atoms with van der Waals surface area (Å²) in [7, 11) is 0. The highest BCUT2D eigenvalue weighted by atomic mass is 35.5. The summed E-state index contributed by atoms with van der Waals surface area (Å²) in [4.78, 5) is 4.88. The lowest BCUT2D eigenvalue weighted by Crippen LogP contribution is -2.41. The first-order chi connectivity index (χ1) is 9.72. The third-order valence-electron chi connectivity index (χ3n) is 5.55. The van der Waals surface area contributed by atoms with E-state index in [4.69, 9.17) is 0 Å². The van der Waals surface area contributed by atoms with Gasteiger partial charge in [0.25, 0.3) is 0 Å². The van der Waals surface area contributed by atoms with E-state index < -0.39 is 0 Å². The molecule has 4 heterocycles. The second kappa shape index (κ2) is 9.65. The van der Waals surface area contributed by atoms with Crippen LogP contribution in [0.1, 0.15) is 51.4 Å². The lowest BCUT2D eigenvalue weighted by molar-refractivity contribution is 0.0557. The lowest BCUT2D eigenvalue weighted by atomic mass is 10.0. The summed E-state index contributed by atoms with van der Waals surface area (Å²) < 4.78 is 0. The fourth-order valence-corrected chi connectivity index (χ4v) is 4.42. The van der Waals surface area contributed by atoms with Gasteiger partial charge in [-0.1, -0.05) is 0 Å². The topological polar surface area (TPSA) is 46.9 Å². The molecule has 0 unspecified atom stereocenters. The van der Waals surface area contributed by atoms with E-state index in [1.54, 1.807) is 0 Å². The van der Waals surface area contributed by atoms with Crippen molar-refractivity contribution in [1.82, 2.24) is 9.80 Å². The van der Waals surface area contributed by atoms with Gasteiger partial charge in [-0.2, -0.15) is 0 Å². The minimum atomic E-state index is -0.0330. The molecule has 4 fully saturated rings. The van der Waals surface area contributed by atoms with Gasteiger partial charge in [0.2, 0.25) is 0 Å². The molecule has 4 aliphatic rings. The van der Waals surface area contributed by atoms with Gasteiger partial charge in [-0.3, -0.25) is 9.80 Å². The van der Waals surface area contributed by atoms with Crippen molar-refractivity contribution in [2.75, 3.05) is 26.2 Å². The number of hydrogen-bond acceptors (Lipinski definition) is 4. The summed E-state index contributed by atoms with van der Waals surface area (Å²) in [5.74, 6) is 0. The molecule has 0 bridgehead atoms. The Hall–Kier alpha value is 0.420. The molecule has 22 heavy (non-hydrogen) atoms. The van der Waals surface area contributed by atoms with Crippen LogP contribution in [-0.2, 0) is 0 Å². The molecule has 6 heteroatoms. The fourth-order valence-electron chi connectivity index (χ4n) is 4.42. The normalized spacial score (nSPS) is 37.9. The van der Waals surface area contributed by atoms with E-state index >= 15 is 0 Å². The first-order valence-corrected chi connectivity index (χ1v) is 8.56. The molecule has 4 aliphatic heterocycles. The summed E-state index contributed by atoms with van der Waals surface area (Å²) in [6, 6.07) is 1.65. The van der Waals surface area contributed by atoms with Crippen molar-refractivity contribution in [2.24, 2.45) is 0 Å². The molecule has 4 atom stereocenters. The summed E-state index contributed by atoms with van der Waals surface area (Å²) >= 11 is 0. The summed E-state index contributed by atoms with van der Waals surface area (Å²) in [5.41, 5.74) is 0. The molecule has 0 aromatic carbocycles.